The summed E-state index contributed by atoms with van der Waals surface area (Å²) in [6, 6.07) is 12.7. The zero-order chi connectivity index (χ0) is 19.1. The van der Waals surface area contributed by atoms with Crippen molar-refractivity contribution in [3.63, 3.8) is 0 Å². The van der Waals surface area contributed by atoms with Gasteiger partial charge in [0, 0.05) is 19.7 Å². The Morgan fingerprint density at radius 3 is 2.74 bits per heavy atom. The van der Waals surface area contributed by atoms with Crippen LogP contribution in [0.2, 0.25) is 0 Å². The number of carbonyl (C=O) groups is 1. The largest absolute Gasteiger partial charge is 0.332 e. The molecule has 0 aliphatic carbocycles. The Balaban J connectivity index is 1.70. The number of aryl methyl sites for hydroxylation is 1. The van der Waals surface area contributed by atoms with Crippen LogP contribution in [0.1, 0.15) is 10.4 Å². The molecule has 4 aromatic rings. The lowest BCUT2D eigenvalue weighted by Crippen LogP contribution is -2.23. The van der Waals surface area contributed by atoms with E-state index in [4.69, 9.17) is 12.2 Å². The van der Waals surface area contributed by atoms with Crippen LogP contribution >= 0.6 is 23.6 Å². The van der Waals surface area contributed by atoms with Crippen molar-refractivity contribution in [1.82, 2.24) is 19.5 Å². The standard InChI is InChI=1S/C18H15N5O2S2/c1-22-13-5-3-4-6-14(13)27-18(22)21-20-15(24)10-7-8-11-12(9-10)19-17(26)23(2)16(11)25/h3-9H,1-2H3,(H,19,26)(H,20,24)/b21-18-. The summed E-state index contributed by atoms with van der Waals surface area (Å²) in [6.45, 7) is 0. The topological polar surface area (TPSA) is 84.2 Å². The van der Waals surface area contributed by atoms with Crippen molar-refractivity contribution in [2.75, 3.05) is 0 Å². The highest BCUT2D eigenvalue weighted by Gasteiger charge is 2.09. The van der Waals surface area contributed by atoms with Crippen molar-refractivity contribution in [1.29, 1.82) is 0 Å². The molecule has 0 aliphatic rings. The second-order valence-electron chi connectivity index (χ2n) is 6.02. The third-order valence-corrected chi connectivity index (χ3v) is 5.82. The molecule has 0 aliphatic heterocycles. The van der Waals surface area contributed by atoms with Crippen LogP contribution in [0.15, 0.2) is 52.4 Å². The van der Waals surface area contributed by atoms with Crippen molar-refractivity contribution >= 4 is 50.6 Å². The third-order valence-electron chi connectivity index (χ3n) is 4.33. The van der Waals surface area contributed by atoms with Crippen LogP contribution in [0.25, 0.3) is 21.1 Å². The fourth-order valence-corrected chi connectivity index (χ4v) is 3.97. The summed E-state index contributed by atoms with van der Waals surface area (Å²) in [7, 11) is 3.50. The summed E-state index contributed by atoms with van der Waals surface area (Å²) < 4.78 is 4.66. The second-order valence-corrected chi connectivity index (χ2v) is 7.41. The first-order chi connectivity index (χ1) is 13.0. The number of hydrogen-bond donors (Lipinski definition) is 2. The van der Waals surface area contributed by atoms with E-state index in [0.717, 1.165) is 10.2 Å². The van der Waals surface area contributed by atoms with E-state index in [-0.39, 0.29) is 11.5 Å². The average molecular weight is 397 g/mol. The highest BCUT2D eigenvalue weighted by molar-refractivity contribution is 7.71. The summed E-state index contributed by atoms with van der Waals surface area (Å²) in [4.78, 5) is 28.4. The number of carbonyl (C=O) groups excluding carboxylic acids is 1. The number of H-pyrrole nitrogens is 1. The Kier molecular flexibility index (Phi) is 4.25. The quantitative estimate of drug-likeness (QED) is 0.402. The van der Waals surface area contributed by atoms with Crippen LogP contribution in [0.5, 0.6) is 0 Å². The molecule has 2 heterocycles. The highest BCUT2D eigenvalue weighted by atomic mass is 32.1. The number of amides is 1. The van der Waals surface area contributed by atoms with Gasteiger partial charge in [-0.1, -0.05) is 23.5 Å². The van der Waals surface area contributed by atoms with Gasteiger partial charge in [0.15, 0.2) is 4.77 Å². The first-order valence-electron chi connectivity index (χ1n) is 8.07. The molecule has 2 N–H and O–H groups in total. The molecule has 0 unspecified atom stereocenters. The minimum Gasteiger partial charge on any atom is -0.332 e. The van der Waals surface area contributed by atoms with E-state index in [0.29, 0.717) is 26.0 Å². The molecule has 0 saturated carbocycles. The molecular weight excluding hydrogens is 382 g/mol. The molecule has 7 nitrogen and oxygen atoms in total. The Bertz CT molecular complexity index is 1390. The molecule has 136 valence electrons. The van der Waals surface area contributed by atoms with Gasteiger partial charge < -0.3 is 9.55 Å². The van der Waals surface area contributed by atoms with Crippen LogP contribution < -0.4 is 15.8 Å². The van der Waals surface area contributed by atoms with Crippen molar-refractivity contribution < 1.29 is 4.79 Å². The number of rotatable bonds is 2. The van der Waals surface area contributed by atoms with Crippen LogP contribution in [0.3, 0.4) is 0 Å². The lowest BCUT2D eigenvalue weighted by molar-refractivity contribution is 0.0953. The monoisotopic (exact) mass is 397 g/mol. The van der Waals surface area contributed by atoms with Gasteiger partial charge in [-0.05, 0) is 42.5 Å². The zero-order valence-electron chi connectivity index (χ0n) is 14.5. The number of nitrogens with one attached hydrogen (secondary N) is 2. The number of benzene rings is 2. The highest BCUT2D eigenvalue weighted by Crippen LogP contribution is 2.15. The summed E-state index contributed by atoms with van der Waals surface area (Å²) in [6.07, 6.45) is 0. The lowest BCUT2D eigenvalue weighted by atomic mass is 10.1. The minimum absolute atomic E-state index is 0.206. The van der Waals surface area contributed by atoms with Gasteiger partial charge in [0.05, 0.1) is 21.1 Å². The zero-order valence-corrected chi connectivity index (χ0v) is 16.1. The number of aromatic amines is 1. The Morgan fingerprint density at radius 1 is 1.19 bits per heavy atom. The molecule has 4 rings (SSSR count). The predicted molar refractivity (Wildman–Crippen MR) is 108 cm³/mol. The van der Waals surface area contributed by atoms with Crippen molar-refractivity contribution in [3.05, 3.63) is 68.0 Å². The van der Waals surface area contributed by atoms with Crippen LogP contribution in [-0.4, -0.2) is 20.0 Å². The maximum atomic E-state index is 12.5. The number of aromatic nitrogens is 3. The average Bonchev–Trinajstić information content (AvgIpc) is 3.00. The third kappa shape index (κ3) is 3.00. The minimum atomic E-state index is -0.366. The molecule has 0 saturated heterocycles. The lowest BCUT2D eigenvalue weighted by Gasteiger charge is -2.05. The summed E-state index contributed by atoms with van der Waals surface area (Å²) in [5, 5.41) is 4.70. The number of para-hydroxylation sites is 1. The van der Waals surface area contributed by atoms with E-state index in [1.807, 2.05) is 35.9 Å². The predicted octanol–water partition coefficient (Wildman–Crippen LogP) is 2.39. The molecular formula is C18H15N5O2S2. The molecule has 2 aromatic carbocycles. The SMILES string of the molecule is Cn1c(=S)[nH]c2cc(C(=O)N/N=c3\sc4ccccc4n3C)ccc2c1=O. The molecule has 0 radical (unpaired) electrons. The number of thiazole rings is 1. The van der Waals surface area contributed by atoms with E-state index < -0.39 is 0 Å². The van der Waals surface area contributed by atoms with E-state index in [1.165, 1.54) is 15.9 Å². The molecule has 1 amide bonds. The summed E-state index contributed by atoms with van der Waals surface area (Å²) in [5.74, 6) is -0.366. The Hall–Kier alpha value is -3.04. The molecule has 0 fully saturated rings. The van der Waals surface area contributed by atoms with Crippen LogP contribution in [0.4, 0.5) is 0 Å². The molecule has 27 heavy (non-hydrogen) atoms. The Labute approximate surface area is 162 Å². The summed E-state index contributed by atoms with van der Waals surface area (Å²) >= 11 is 6.61. The van der Waals surface area contributed by atoms with Gasteiger partial charge in [0.25, 0.3) is 11.5 Å². The normalized spacial score (nSPS) is 12.0. The fraction of sp³-hybridized carbons (Fsp3) is 0.111. The van der Waals surface area contributed by atoms with Gasteiger partial charge in [0.2, 0.25) is 4.80 Å². The summed E-state index contributed by atoms with van der Waals surface area (Å²) in [5.41, 5.74) is 4.31. The first kappa shape index (κ1) is 17.4. The molecule has 0 bridgehead atoms. The Morgan fingerprint density at radius 2 is 1.96 bits per heavy atom. The van der Waals surface area contributed by atoms with Gasteiger partial charge in [-0.25, -0.2) is 5.43 Å². The van der Waals surface area contributed by atoms with Gasteiger partial charge in [-0.15, -0.1) is 5.10 Å². The molecule has 0 spiro atoms. The maximum Gasteiger partial charge on any atom is 0.271 e. The van der Waals surface area contributed by atoms with E-state index in [9.17, 15) is 9.59 Å². The number of hydrogen-bond acceptors (Lipinski definition) is 5. The van der Waals surface area contributed by atoms with Crippen LogP contribution in [0, 0.1) is 4.77 Å². The molecule has 2 aromatic heterocycles. The second kappa shape index (κ2) is 6.60. The van der Waals surface area contributed by atoms with Crippen molar-refractivity contribution in [3.8, 4) is 0 Å². The van der Waals surface area contributed by atoms with Gasteiger partial charge in [0.1, 0.15) is 0 Å². The van der Waals surface area contributed by atoms with Crippen molar-refractivity contribution in [2.45, 2.75) is 0 Å². The molecule has 0 atom stereocenters. The van der Waals surface area contributed by atoms with Crippen molar-refractivity contribution in [2.24, 2.45) is 19.2 Å². The van der Waals surface area contributed by atoms with E-state index >= 15 is 0 Å². The van der Waals surface area contributed by atoms with Crippen LogP contribution in [-0.2, 0) is 14.1 Å². The smallest absolute Gasteiger partial charge is 0.271 e. The van der Waals surface area contributed by atoms with Gasteiger partial charge in [-0.3, -0.25) is 14.2 Å². The van der Waals surface area contributed by atoms with E-state index in [1.54, 1.807) is 25.2 Å². The number of fused-ring (bicyclic) bond motifs is 2. The van der Waals surface area contributed by atoms with Gasteiger partial charge in [-0.2, -0.15) is 0 Å². The first-order valence-corrected chi connectivity index (χ1v) is 9.30. The maximum absolute atomic E-state index is 12.5. The van der Waals surface area contributed by atoms with Gasteiger partial charge >= 0.3 is 0 Å². The number of nitrogens with zero attached hydrogens (tertiary/aromatic N) is 3. The molecule has 9 heteroatoms. The fourth-order valence-electron chi connectivity index (χ4n) is 2.80. The van der Waals surface area contributed by atoms with E-state index in [2.05, 4.69) is 15.5 Å².